The summed E-state index contributed by atoms with van der Waals surface area (Å²) in [6.07, 6.45) is 2.91. The molecule has 3 N–H and O–H groups in total. The molecule has 0 bridgehead atoms. The van der Waals surface area contributed by atoms with Crippen LogP contribution in [0, 0.1) is 28.9 Å². The summed E-state index contributed by atoms with van der Waals surface area (Å²) >= 11 is 2.57. The zero-order chi connectivity index (χ0) is 31.6. The van der Waals surface area contributed by atoms with Gasteiger partial charge in [0.05, 0.1) is 18.5 Å². The van der Waals surface area contributed by atoms with E-state index < -0.39 is 17.5 Å². The van der Waals surface area contributed by atoms with E-state index in [1.54, 1.807) is 23.6 Å². The van der Waals surface area contributed by atoms with Crippen LogP contribution in [0.2, 0.25) is 0 Å². The lowest BCUT2D eigenvalue weighted by atomic mass is 9.66. The highest BCUT2D eigenvalue weighted by molar-refractivity contribution is 7.23. The van der Waals surface area contributed by atoms with E-state index in [1.165, 1.54) is 41.9 Å². The van der Waals surface area contributed by atoms with E-state index in [1.807, 2.05) is 6.92 Å². The van der Waals surface area contributed by atoms with Crippen LogP contribution in [0.4, 0.5) is 25.4 Å². The Hall–Kier alpha value is -3.90. The molecule has 2 atom stereocenters. The molecule has 8 nitrogen and oxygen atoms in total. The molecule has 1 saturated carbocycles. The predicted octanol–water partition coefficient (Wildman–Crippen LogP) is 8.31. The lowest BCUT2D eigenvalue weighted by Gasteiger charge is -2.39. The molecule has 1 aliphatic carbocycles. The summed E-state index contributed by atoms with van der Waals surface area (Å²) < 4.78 is 34.9. The van der Waals surface area contributed by atoms with Gasteiger partial charge in [-0.3, -0.25) is 9.59 Å². The van der Waals surface area contributed by atoms with Crippen molar-refractivity contribution in [2.75, 3.05) is 29.6 Å². The molecule has 0 saturated heterocycles. The number of ether oxygens (including phenoxy) is 1. The number of amides is 2. The first-order chi connectivity index (χ1) is 21.0. The molecule has 1 fully saturated rings. The molecule has 1 aliphatic rings. The van der Waals surface area contributed by atoms with Gasteiger partial charge in [-0.2, -0.15) is 0 Å². The summed E-state index contributed by atoms with van der Waals surface area (Å²) in [4.78, 5) is 35.9. The van der Waals surface area contributed by atoms with Gasteiger partial charge in [-0.05, 0) is 61.8 Å². The highest BCUT2D eigenvalue weighted by Gasteiger charge is 2.38. The number of carbonyl (C=O) groups is 2. The van der Waals surface area contributed by atoms with Crippen LogP contribution >= 0.6 is 22.7 Å². The Morgan fingerprint density at radius 2 is 1.86 bits per heavy atom. The summed E-state index contributed by atoms with van der Waals surface area (Å²) in [5.74, 6) is -0.941. The Bertz CT molecular complexity index is 1680. The number of methoxy groups -OCH3 is 1. The molecule has 4 aromatic rings. The first kappa shape index (κ1) is 31.5. The van der Waals surface area contributed by atoms with Crippen LogP contribution in [0.3, 0.4) is 0 Å². The Labute approximate surface area is 263 Å². The molecule has 2 aromatic heterocycles. The first-order valence-electron chi connectivity index (χ1n) is 14.4. The van der Waals surface area contributed by atoms with E-state index in [2.05, 4.69) is 46.7 Å². The Morgan fingerprint density at radius 3 is 2.55 bits per heavy atom. The topological polar surface area (TPSA) is 105 Å². The molecular formula is C32H35F2N5O3S2. The molecule has 2 heterocycles. The summed E-state index contributed by atoms with van der Waals surface area (Å²) in [6.45, 7) is 9.11. The van der Waals surface area contributed by atoms with Crippen molar-refractivity contribution in [2.45, 2.75) is 47.0 Å². The van der Waals surface area contributed by atoms with Crippen LogP contribution in [0.1, 0.15) is 57.3 Å². The fourth-order valence-corrected chi connectivity index (χ4v) is 7.11. The van der Waals surface area contributed by atoms with Crippen LogP contribution in [0.15, 0.2) is 41.8 Å². The highest BCUT2D eigenvalue weighted by Crippen LogP contribution is 2.44. The van der Waals surface area contributed by atoms with Crippen LogP contribution in [-0.4, -0.2) is 35.4 Å². The van der Waals surface area contributed by atoms with Gasteiger partial charge in [-0.25, -0.2) is 18.7 Å². The third-order valence-electron chi connectivity index (χ3n) is 7.44. The number of hydrogen-bond donors (Lipinski definition) is 3. The number of benzene rings is 2. The Balaban J connectivity index is 1.36. The van der Waals surface area contributed by atoms with Gasteiger partial charge in [-0.15, -0.1) is 11.3 Å². The van der Waals surface area contributed by atoms with Gasteiger partial charge in [0.1, 0.15) is 33.1 Å². The van der Waals surface area contributed by atoms with Crippen LogP contribution in [-0.2, 0) is 4.79 Å². The standard InChI is InChI=1S/C32H35F2N5O3S2/c1-6-35-27-26(44-31(38-27)39-29(41)20-11-10-18(20)15-32(2,3)4)30-37-25(16-43-30)21-13-24(23(34)14-22(21)33)36-28(40)17-8-7-9-19(12-17)42-5/h7-9,12-14,16,18,20,35H,6,10-11,15H2,1-5H3,(H,36,40)(H,38,39,41)/t18-,20?/m0/s1. The second-order valence-corrected chi connectivity index (χ2v) is 13.8. The number of rotatable bonds is 10. The van der Waals surface area contributed by atoms with Crippen LogP contribution in [0.25, 0.3) is 21.1 Å². The van der Waals surface area contributed by atoms with Gasteiger partial charge in [0.25, 0.3) is 5.91 Å². The first-order valence-corrected chi connectivity index (χ1v) is 16.1. The van der Waals surface area contributed by atoms with E-state index >= 15 is 4.39 Å². The normalized spacial score (nSPS) is 16.2. The van der Waals surface area contributed by atoms with Crippen LogP contribution in [0.5, 0.6) is 5.75 Å². The molecule has 2 aromatic carbocycles. The number of halogens is 2. The number of nitrogens with one attached hydrogen (secondary N) is 3. The van der Waals surface area contributed by atoms with Crippen molar-refractivity contribution < 1.29 is 23.1 Å². The Kier molecular flexibility index (Phi) is 9.31. The minimum absolute atomic E-state index is 0.0226. The maximum absolute atomic E-state index is 15.0. The second kappa shape index (κ2) is 13.0. The molecule has 0 spiro atoms. The van der Waals surface area contributed by atoms with Crippen molar-refractivity contribution in [1.29, 1.82) is 0 Å². The number of anilines is 3. The van der Waals surface area contributed by atoms with Crippen molar-refractivity contribution >= 4 is 51.1 Å². The average molecular weight is 640 g/mol. The molecule has 1 unspecified atom stereocenters. The lowest BCUT2D eigenvalue weighted by Crippen LogP contribution is -2.38. The zero-order valence-corrected chi connectivity index (χ0v) is 26.8. The number of carbonyl (C=O) groups excluding carboxylic acids is 2. The lowest BCUT2D eigenvalue weighted by molar-refractivity contribution is -0.125. The third-order valence-corrected chi connectivity index (χ3v) is 9.41. The number of nitrogens with zero attached hydrogens (tertiary/aromatic N) is 2. The van der Waals surface area contributed by atoms with E-state index in [0.29, 0.717) is 39.0 Å². The van der Waals surface area contributed by atoms with E-state index in [4.69, 9.17) is 4.74 Å². The largest absolute Gasteiger partial charge is 0.497 e. The van der Waals surface area contributed by atoms with Crippen molar-refractivity contribution in [2.24, 2.45) is 17.3 Å². The fraction of sp³-hybridized carbons (Fsp3) is 0.375. The number of hydrogen-bond acceptors (Lipinski definition) is 8. The van der Waals surface area contributed by atoms with E-state index in [-0.39, 0.29) is 39.7 Å². The molecule has 12 heteroatoms. The minimum Gasteiger partial charge on any atom is -0.497 e. The van der Waals surface area contributed by atoms with Gasteiger partial charge in [0.15, 0.2) is 5.13 Å². The molecule has 232 valence electrons. The molecule has 0 radical (unpaired) electrons. The molecular weight excluding hydrogens is 605 g/mol. The van der Waals surface area contributed by atoms with Crippen molar-refractivity contribution in [3.63, 3.8) is 0 Å². The molecule has 2 amide bonds. The summed E-state index contributed by atoms with van der Waals surface area (Å²) in [6, 6.07) is 8.38. The maximum atomic E-state index is 15.0. The number of aromatic nitrogens is 2. The minimum atomic E-state index is -0.911. The second-order valence-electron chi connectivity index (χ2n) is 12.0. The highest BCUT2D eigenvalue weighted by atomic mass is 32.1. The van der Waals surface area contributed by atoms with Gasteiger partial charge in [-0.1, -0.05) is 38.2 Å². The smallest absolute Gasteiger partial charge is 0.255 e. The summed E-state index contributed by atoms with van der Waals surface area (Å²) in [5, 5.41) is 11.4. The molecule has 44 heavy (non-hydrogen) atoms. The Morgan fingerprint density at radius 1 is 1.07 bits per heavy atom. The molecule has 5 rings (SSSR count). The number of thiazole rings is 2. The van der Waals surface area contributed by atoms with Gasteiger partial charge >= 0.3 is 0 Å². The quantitative estimate of drug-likeness (QED) is 0.161. The third kappa shape index (κ3) is 7.07. The maximum Gasteiger partial charge on any atom is 0.255 e. The summed E-state index contributed by atoms with van der Waals surface area (Å²) in [5.41, 5.74) is 0.552. The van der Waals surface area contributed by atoms with E-state index in [0.717, 1.165) is 25.3 Å². The van der Waals surface area contributed by atoms with Crippen molar-refractivity contribution in [3.05, 3.63) is 59.0 Å². The monoisotopic (exact) mass is 639 g/mol. The van der Waals surface area contributed by atoms with Gasteiger partial charge in [0.2, 0.25) is 5.91 Å². The van der Waals surface area contributed by atoms with Crippen molar-refractivity contribution in [1.82, 2.24) is 9.97 Å². The van der Waals surface area contributed by atoms with Crippen LogP contribution < -0.4 is 20.7 Å². The van der Waals surface area contributed by atoms with E-state index in [9.17, 15) is 14.0 Å². The fourth-order valence-electron chi connectivity index (χ4n) is 5.25. The zero-order valence-electron chi connectivity index (χ0n) is 25.2. The SMILES string of the molecule is CCNc1nc(NC(=O)C2CC[C@H]2CC(C)(C)C)sc1-c1nc(-c2cc(NC(=O)c3cccc(OC)c3)c(F)cc2F)cs1. The summed E-state index contributed by atoms with van der Waals surface area (Å²) in [7, 11) is 1.48. The van der Waals surface area contributed by atoms with Crippen molar-refractivity contribution in [3.8, 4) is 26.9 Å². The van der Waals surface area contributed by atoms with Gasteiger partial charge in [0, 0.05) is 35.0 Å². The van der Waals surface area contributed by atoms with Gasteiger partial charge < -0.3 is 20.7 Å². The molecule has 0 aliphatic heterocycles. The predicted molar refractivity (Wildman–Crippen MR) is 173 cm³/mol. The average Bonchev–Trinajstić information content (AvgIpc) is 3.59.